The molecule has 1 atom stereocenters. The van der Waals surface area contributed by atoms with Crippen LogP contribution in [0.1, 0.15) is 41.5 Å². The average Bonchev–Trinajstić information content (AvgIpc) is 2.56. The predicted molar refractivity (Wildman–Crippen MR) is 73.1 cm³/mol. The molecule has 0 aliphatic carbocycles. The highest BCUT2D eigenvalue weighted by molar-refractivity contribution is 7.12. The van der Waals surface area contributed by atoms with E-state index in [0.717, 1.165) is 12.8 Å². The van der Waals surface area contributed by atoms with Gasteiger partial charge in [-0.25, -0.2) is 0 Å². The lowest BCUT2D eigenvalue weighted by Crippen LogP contribution is -2.31. The lowest BCUT2D eigenvalue weighted by atomic mass is 10.1. The van der Waals surface area contributed by atoms with Gasteiger partial charge in [0.1, 0.15) is 0 Å². The van der Waals surface area contributed by atoms with E-state index < -0.39 is 0 Å². The highest BCUT2D eigenvalue weighted by Crippen LogP contribution is 2.20. The van der Waals surface area contributed by atoms with Crippen LogP contribution in [0.4, 0.5) is 0 Å². The van der Waals surface area contributed by atoms with Gasteiger partial charge in [0.2, 0.25) is 5.91 Å². The molecule has 0 bridgehead atoms. The zero-order valence-electron chi connectivity index (χ0n) is 10.9. The van der Waals surface area contributed by atoms with E-state index in [9.17, 15) is 4.79 Å². The first kappa shape index (κ1) is 14.2. The van der Waals surface area contributed by atoms with Gasteiger partial charge in [-0.05, 0) is 31.9 Å². The van der Waals surface area contributed by atoms with E-state index in [1.165, 1.54) is 15.3 Å². The summed E-state index contributed by atoms with van der Waals surface area (Å²) in [6.07, 6.45) is 2.36. The first-order valence-electron chi connectivity index (χ1n) is 6.11. The van der Waals surface area contributed by atoms with Gasteiger partial charge in [-0.1, -0.05) is 13.3 Å². The SMILES string of the molecule is CCCC(N)CC(=O)NCc1cc(C)c(C)s1. The summed E-state index contributed by atoms with van der Waals surface area (Å²) in [5.41, 5.74) is 7.12. The average molecular weight is 254 g/mol. The zero-order valence-corrected chi connectivity index (χ0v) is 11.7. The summed E-state index contributed by atoms with van der Waals surface area (Å²) in [5.74, 6) is 0.0506. The topological polar surface area (TPSA) is 55.1 Å². The van der Waals surface area contributed by atoms with E-state index >= 15 is 0 Å². The van der Waals surface area contributed by atoms with Crippen molar-refractivity contribution >= 4 is 17.2 Å². The molecule has 0 spiro atoms. The van der Waals surface area contributed by atoms with Gasteiger partial charge in [-0.2, -0.15) is 0 Å². The van der Waals surface area contributed by atoms with Crippen molar-refractivity contribution in [3.8, 4) is 0 Å². The Hall–Kier alpha value is -0.870. The summed E-state index contributed by atoms with van der Waals surface area (Å²) in [6, 6.07) is 2.12. The van der Waals surface area contributed by atoms with E-state index in [1.807, 2.05) is 0 Å². The van der Waals surface area contributed by atoms with Crippen molar-refractivity contribution in [3.63, 3.8) is 0 Å². The molecule has 1 heterocycles. The molecule has 1 amide bonds. The summed E-state index contributed by atoms with van der Waals surface area (Å²) in [5, 5.41) is 2.92. The highest BCUT2D eigenvalue weighted by Gasteiger charge is 2.09. The Morgan fingerprint density at radius 2 is 2.24 bits per heavy atom. The van der Waals surface area contributed by atoms with Crippen LogP contribution < -0.4 is 11.1 Å². The first-order chi connectivity index (χ1) is 8.02. The number of hydrogen-bond donors (Lipinski definition) is 2. The minimum atomic E-state index is -0.00759. The van der Waals surface area contributed by atoms with Gasteiger partial charge in [-0.15, -0.1) is 11.3 Å². The second-order valence-electron chi connectivity index (χ2n) is 4.48. The lowest BCUT2D eigenvalue weighted by Gasteiger charge is -2.09. The normalized spacial score (nSPS) is 12.5. The van der Waals surface area contributed by atoms with Crippen LogP contribution in [0, 0.1) is 13.8 Å². The van der Waals surface area contributed by atoms with Crippen LogP contribution in [0.2, 0.25) is 0 Å². The third-order valence-electron chi connectivity index (χ3n) is 2.78. The van der Waals surface area contributed by atoms with E-state index in [2.05, 4.69) is 32.2 Å². The Kier molecular flexibility index (Phi) is 5.65. The fraction of sp³-hybridized carbons (Fsp3) is 0.615. The van der Waals surface area contributed by atoms with Gasteiger partial charge in [0.15, 0.2) is 0 Å². The highest BCUT2D eigenvalue weighted by atomic mass is 32.1. The van der Waals surface area contributed by atoms with Gasteiger partial charge in [0.05, 0.1) is 6.54 Å². The number of amides is 1. The molecule has 1 unspecified atom stereocenters. The third-order valence-corrected chi connectivity index (χ3v) is 3.94. The number of carbonyl (C=O) groups excluding carboxylic acids is 1. The Labute approximate surface area is 107 Å². The van der Waals surface area contributed by atoms with Gasteiger partial charge >= 0.3 is 0 Å². The van der Waals surface area contributed by atoms with Gasteiger partial charge < -0.3 is 11.1 Å². The monoisotopic (exact) mass is 254 g/mol. The van der Waals surface area contributed by atoms with Crippen molar-refractivity contribution in [2.24, 2.45) is 5.73 Å². The van der Waals surface area contributed by atoms with E-state index in [4.69, 9.17) is 5.73 Å². The van der Waals surface area contributed by atoms with Crippen molar-refractivity contribution in [1.29, 1.82) is 0 Å². The Bertz CT molecular complexity index is 354. The maximum Gasteiger partial charge on any atom is 0.221 e. The Morgan fingerprint density at radius 1 is 1.53 bits per heavy atom. The standard InChI is InChI=1S/C13H22N2OS/c1-4-5-11(14)7-13(16)15-8-12-6-9(2)10(3)17-12/h6,11H,4-5,7-8,14H2,1-3H3,(H,15,16). The molecule has 1 aromatic heterocycles. The van der Waals surface area contributed by atoms with Crippen molar-refractivity contribution < 1.29 is 4.79 Å². The zero-order chi connectivity index (χ0) is 12.8. The van der Waals surface area contributed by atoms with Gasteiger partial charge in [0.25, 0.3) is 0 Å². The molecule has 0 fully saturated rings. The molecule has 0 aliphatic heterocycles. The molecule has 17 heavy (non-hydrogen) atoms. The van der Waals surface area contributed by atoms with Crippen LogP contribution in [0.3, 0.4) is 0 Å². The van der Waals surface area contributed by atoms with Crippen LogP contribution in [0.25, 0.3) is 0 Å². The van der Waals surface area contributed by atoms with Crippen molar-refractivity contribution in [2.45, 2.75) is 52.6 Å². The Balaban J connectivity index is 2.33. The molecule has 96 valence electrons. The third kappa shape index (κ3) is 4.88. The number of carbonyl (C=O) groups is 1. The van der Waals surface area contributed by atoms with Gasteiger partial charge in [-0.3, -0.25) is 4.79 Å². The van der Waals surface area contributed by atoms with Crippen LogP contribution >= 0.6 is 11.3 Å². The molecular formula is C13H22N2OS. The molecule has 1 rings (SSSR count). The molecule has 3 N–H and O–H groups in total. The summed E-state index contributed by atoms with van der Waals surface area (Å²) >= 11 is 1.74. The number of nitrogens with two attached hydrogens (primary N) is 1. The molecule has 0 radical (unpaired) electrons. The Morgan fingerprint density at radius 3 is 2.76 bits per heavy atom. The van der Waals surface area contributed by atoms with Crippen molar-refractivity contribution in [2.75, 3.05) is 0 Å². The molecule has 0 saturated heterocycles. The molecule has 1 aromatic rings. The number of nitrogens with one attached hydrogen (secondary N) is 1. The minimum Gasteiger partial charge on any atom is -0.351 e. The summed E-state index contributed by atoms with van der Waals surface area (Å²) in [7, 11) is 0. The molecule has 0 saturated carbocycles. The number of thiophene rings is 1. The largest absolute Gasteiger partial charge is 0.351 e. The predicted octanol–water partition coefficient (Wildman–Crippen LogP) is 2.50. The summed E-state index contributed by atoms with van der Waals surface area (Å²) in [4.78, 5) is 14.1. The number of aryl methyl sites for hydroxylation is 2. The molecule has 0 aliphatic rings. The fourth-order valence-electron chi connectivity index (χ4n) is 1.71. The van der Waals surface area contributed by atoms with Crippen molar-refractivity contribution in [3.05, 3.63) is 21.4 Å². The summed E-state index contributed by atoms with van der Waals surface area (Å²) in [6.45, 7) is 6.89. The van der Waals surface area contributed by atoms with Crippen LogP contribution in [0.5, 0.6) is 0 Å². The van der Waals surface area contributed by atoms with Gasteiger partial charge in [0, 0.05) is 22.2 Å². The molecule has 3 nitrogen and oxygen atoms in total. The second kappa shape index (κ2) is 6.77. The van der Waals surface area contributed by atoms with Crippen LogP contribution in [-0.2, 0) is 11.3 Å². The number of hydrogen-bond acceptors (Lipinski definition) is 3. The fourth-order valence-corrected chi connectivity index (χ4v) is 2.70. The minimum absolute atomic E-state index is 0.00759. The summed E-state index contributed by atoms with van der Waals surface area (Å²) < 4.78 is 0. The second-order valence-corrected chi connectivity index (χ2v) is 5.82. The molecule has 0 aromatic carbocycles. The quantitative estimate of drug-likeness (QED) is 0.819. The number of rotatable bonds is 6. The van der Waals surface area contributed by atoms with E-state index in [1.54, 1.807) is 11.3 Å². The van der Waals surface area contributed by atoms with E-state index in [0.29, 0.717) is 13.0 Å². The molecular weight excluding hydrogens is 232 g/mol. The first-order valence-corrected chi connectivity index (χ1v) is 6.92. The van der Waals surface area contributed by atoms with Crippen molar-refractivity contribution in [1.82, 2.24) is 5.32 Å². The lowest BCUT2D eigenvalue weighted by molar-refractivity contribution is -0.121. The van der Waals surface area contributed by atoms with Crippen LogP contribution in [0.15, 0.2) is 6.07 Å². The molecule has 4 heteroatoms. The smallest absolute Gasteiger partial charge is 0.221 e. The van der Waals surface area contributed by atoms with E-state index in [-0.39, 0.29) is 11.9 Å². The maximum absolute atomic E-state index is 11.6. The van der Waals surface area contributed by atoms with Crippen LogP contribution in [-0.4, -0.2) is 11.9 Å². The maximum atomic E-state index is 11.6.